The van der Waals surface area contributed by atoms with Crippen molar-refractivity contribution in [3.05, 3.63) is 12.4 Å². The zero-order chi connectivity index (χ0) is 14.4. The lowest BCUT2D eigenvalue weighted by Crippen LogP contribution is -2.28. The maximum atomic E-state index is 12.1. The topological polar surface area (TPSA) is 73.2 Å². The van der Waals surface area contributed by atoms with Gasteiger partial charge < -0.3 is 4.74 Å². The summed E-state index contributed by atoms with van der Waals surface area (Å²) in [7, 11) is -3.43. The van der Waals surface area contributed by atoms with E-state index < -0.39 is 10.0 Å². The van der Waals surface area contributed by atoms with Gasteiger partial charge in [0.15, 0.2) is 0 Å². The van der Waals surface area contributed by atoms with Crippen LogP contribution in [0, 0.1) is 5.92 Å². The largest absolute Gasteiger partial charge is 0.381 e. The van der Waals surface area contributed by atoms with E-state index in [0.29, 0.717) is 12.5 Å². The van der Waals surface area contributed by atoms with Crippen molar-refractivity contribution in [3.8, 4) is 0 Å². The Kier molecular flexibility index (Phi) is 5.56. The minimum Gasteiger partial charge on any atom is -0.381 e. The average Bonchev–Trinajstić information content (AvgIpc) is 2.90. The van der Waals surface area contributed by atoms with E-state index >= 15 is 0 Å². The van der Waals surface area contributed by atoms with Crippen LogP contribution in [0.3, 0.4) is 0 Å². The van der Waals surface area contributed by atoms with Crippen LogP contribution in [-0.2, 0) is 21.3 Å². The molecule has 1 aromatic heterocycles. The highest BCUT2D eigenvalue weighted by Crippen LogP contribution is 2.16. The number of nitrogens with one attached hydrogen (secondary N) is 1. The summed E-state index contributed by atoms with van der Waals surface area (Å²) >= 11 is 0. The van der Waals surface area contributed by atoms with Gasteiger partial charge in [-0.05, 0) is 31.6 Å². The van der Waals surface area contributed by atoms with E-state index in [0.717, 1.165) is 45.4 Å². The number of ether oxygens (including phenoxy) is 1. The lowest BCUT2D eigenvalue weighted by atomic mass is 9.99. The Bertz CT molecular complexity index is 507. The zero-order valence-corrected chi connectivity index (χ0v) is 12.7. The molecule has 0 bridgehead atoms. The van der Waals surface area contributed by atoms with Crippen LogP contribution in [-0.4, -0.2) is 38.0 Å². The normalized spacial score (nSPS) is 20.1. The Morgan fingerprint density at radius 3 is 3.10 bits per heavy atom. The van der Waals surface area contributed by atoms with E-state index in [9.17, 15) is 8.42 Å². The molecule has 2 heterocycles. The first-order chi connectivity index (χ1) is 9.62. The molecule has 1 saturated heterocycles. The molecule has 0 aromatic carbocycles. The smallest absolute Gasteiger partial charge is 0.243 e. The van der Waals surface area contributed by atoms with E-state index in [2.05, 4.69) is 9.82 Å². The third kappa shape index (κ3) is 4.29. The average molecular weight is 301 g/mol. The van der Waals surface area contributed by atoms with Crippen LogP contribution in [0.2, 0.25) is 0 Å². The highest BCUT2D eigenvalue weighted by Gasteiger charge is 2.18. The number of rotatable bonds is 7. The lowest BCUT2D eigenvalue weighted by molar-refractivity contribution is 0.0523. The van der Waals surface area contributed by atoms with Crippen molar-refractivity contribution in [1.29, 1.82) is 0 Å². The van der Waals surface area contributed by atoms with Gasteiger partial charge in [-0.15, -0.1) is 0 Å². The number of sulfonamides is 1. The van der Waals surface area contributed by atoms with Gasteiger partial charge in [0.1, 0.15) is 4.90 Å². The Hall–Kier alpha value is -0.920. The Morgan fingerprint density at radius 2 is 2.40 bits per heavy atom. The van der Waals surface area contributed by atoms with E-state index in [1.54, 1.807) is 10.9 Å². The molecule has 6 nitrogen and oxygen atoms in total. The molecular formula is C13H23N3O3S. The van der Waals surface area contributed by atoms with E-state index in [1.807, 2.05) is 6.92 Å². The highest BCUT2D eigenvalue weighted by atomic mass is 32.2. The molecule has 0 unspecified atom stereocenters. The lowest BCUT2D eigenvalue weighted by Gasteiger charge is -2.21. The van der Waals surface area contributed by atoms with Crippen molar-refractivity contribution in [3.63, 3.8) is 0 Å². The standard InChI is InChI=1S/C13H23N3O3S/c1-2-7-16-10-13(9-14-16)20(17,18)15-6-5-12-4-3-8-19-11-12/h9-10,12,15H,2-8,11H2,1H3/t12-/m0/s1. The number of aryl methyl sites for hydroxylation is 1. The molecule has 0 amide bonds. The number of hydrogen-bond acceptors (Lipinski definition) is 4. The summed E-state index contributed by atoms with van der Waals surface area (Å²) in [5, 5.41) is 4.05. The summed E-state index contributed by atoms with van der Waals surface area (Å²) in [6, 6.07) is 0. The zero-order valence-electron chi connectivity index (χ0n) is 11.9. The Balaban J connectivity index is 1.83. The summed E-state index contributed by atoms with van der Waals surface area (Å²) in [5.41, 5.74) is 0. The quantitative estimate of drug-likeness (QED) is 0.826. The number of aromatic nitrogens is 2. The van der Waals surface area contributed by atoms with Crippen molar-refractivity contribution in [2.45, 2.75) is 44.0 Å². The van der Waals surface area contributed by atoms with Gasteiger partial charge in [-0.3, -0.25) is 4.68 Å². The molecule has 1 N–H and O–H groups in total. The minimum absolute atomic E-state index is 0.242. The third-order valence-electron chi connectivity index (χ3n) is 3.47. The van der Waals surface area contributed by atoms with Crippen molar-refractivity contribution in [1.82, 2.24) is 14.5 Å². The van der Waals surface area contributed by atoms with Crippen molar-refractivity contribution < 1.29 is 13.2 Å². The first-order valence-corrected chi connectivity index (χ1v) is 8.70. The van der Waals surface area contributed by atoms with Crippen LogP contribution in [0.25, 0.3) is 0 Å². The maximum absolute atomic E-state index is 12.1. The SMILES string of the molecule is CCCn1cc(S(=O)(=O)NCC[C@@H]2CCCOC2)cn1. The summed E-state index contributed by atoms with van der Waals surface area (Å²) in [6.45, 7) is 4.79. The van der Waals surface area contributed by atoms with Gasteiger partial charge in [-0.1, -0.05) is 6.92 Å². The predicted octanol–water partition coefficient (Wildman–Crippen LogP) is 1.39. The summed E-state index contributed by atoms with van der Waals surface area (Å²) < 4.78 is 33.9. The molecule has 1 aliphatic heterocycles. The molecule has 0 spiro atoms. The Labute approximate surface area is 120 Å². The van der Waals surface area contributed by atoms with Gasteiger partial charge in [0.25, 0.3) is 0 Å². The van der Waals surface area contributed by atoms with Gasteiger partial charge in [-0.25, -0.2) is 13.1 Å². The summed E-state index contributed by atoms with van der Waals surface area (Å²) in [6.07, 6.45) is 6.92. The maximum Gasteiger partial charge on any atom is 0.243 e. The first-order valence-electron chi connectivity index (χ1n) is 7.21. The van der Waals surface area contributed by atoms with Crippen LogP contribution in [0.15, 0.2) is 17.3 Å². The van der Waals surface area contributed by atoms with Crippen LogP contribution in [0.4, 0.5) is 0 Å². The Morgan fingerprint density at radius 1 is 1.55 bits per heavy atom. The molecule has 0 radical (unpaired) electrons. The molecule has 1 aliphatic rings. The van der Waals surface area contributed by atoms with Gasteiger partial charge in [0.2, 0.25) is 10.0 Å². The molecule has 2 rings (SSSR count). The molecule has 1 aromatic rings. The van der Waals surface area contributed by atoms with Crippen molar-refractivity contribution in [2.24, 2.45) is 5.92 Å². The molecule has 0 aliphatic carbocycles. The van der Waals surface area contributed by atoms with Crippen molar-refractivity contribution >= 4 is 10.0 Å². The second kappa shape index (κ2) is 7.19. The number of nitrogens with zero attached hydrogens (tertiary/aromatic N) is 2. The van der Waals surface area contributed by atoms with Crippen LogP contribution in [0.5, 0.6) is 0 Å². The second-order valence-corrected chi connectivity index (χ2v) is 6.98. The molecule has 0 saturated carbocycles. The van der Waals surface area contributed by atoms with E-state index in [-0.39, 0.29) is 4.90 Å². The van der Waals surface area contributed by atoms with Crippen LogP contribution >= 0.6 is 0 Å². The fraction of sp³-hybridized carbons (Fsp3) is 0.769. The molecule has 1 atom stereocenters. The molecule has 1 fully saturated rings. The van der Waals surface area contributed by atoms with Gasteiger partial charge in [0, 0.05) is 32.5 Å². The molecular weight excluding hydrogens is 278 g/mol. The fourth-order valence-electron chi connectivity index (χ4n) is 2.35. The monoisotopic (exact) mass is 301 g/mol. The first kappa shape index (κ1) is 15.5. The number of hydrogen-bond donors (Lipinski definition) is 1. The minimum atomic E-state index is -3.43. The predicted molar refractivity (Wildman–Crippen MR) is 75.9 cm³/mol. The van der Waals surface area contributed by atoms with Gasteiger partial charge >= 0.3 is 0 Å². The summed E-state index contributed by atoms with van der Waals surface area (Å²) in [4.78, 5) is 0.242. The molecule has 7 heteroatoms. The van der Waals surface area contributed by atoms with Crippen LogP contribution in [0.1, 0.15) is 32.6 Å². The fourth-order valence-corrected chi connectivity index (χ4v) is 3.35. The second-order valence-electron chi connectivity index (χ2n) is 5.21. The molecule has 114 valence electrons. The molecule has 20 heavy (non-hydrogen) atoms. The third-order valence-corrected chi connectivity index (χ3v) is 4.89. The van der Waals surface area contributed by atoms with Crippen LogP contribution < -0.4 is 4.72 Å². The van der Waals surface area contributed by atoms with Gasteiger partial charge in [-0.2, -0.15) is 5.10 Å². The summed E-state index contributed by atoms with van der Waals surface area (Å²) in [5.74, 6) is 0.467. The van der Waals surface area contributed by atoms with Gasteiger partial charge in [0.05, 0.1) is 6.20 Å². The van der Waals surface area contributed by atoms with E-state index in [1.165, 1.54) is 6.20 Å². The highest BCUT2D eigenvalue weighted by molar-refractivity contribution is 7.89. The van der Waals surface area contributed by atoms with Crippen molar-refractivity contribution in [2.75, 3.05) is 19.8 Å². The van der Waals surface area contributed by atoms with E-state index in [4.69, 9.17) is 4.74 Å².